The lowest BCUT2D eigenvalue weighted by atomic mass is 10.0. The second-order valence-electron chi connectivity index (χ2n) is 8.35. The summed E-state index contributed by atoms with van der Waals surface area (Å²) in [6, 6.07) is 21.5. The Labute approximate surface area is 232 Å². The van der Waals surface area contributed by atoms with Gasteiger partial charge in [-0.05, 0) is 53.9 Å². The Kier molecular flexibility index (Phi) is 11.5. The van der Waals surface area contributed by atoms with Gasteiger partial charge in [-0.2, -0.15) is 0 Å². The zero-order valence-electron chi connectivity index (χ0n) is 20.1. The van der Waals surface area contributed by atoms with Crippen molar-refractivity contribution in [2.45, 2.75) is 43.7 Å². The van der Waals surface area contributed by atoms with E-state index in [1.54, 1.807) is 35.2 Å². The molecule has 0 spiro atoms. The number of benzene rings is 3. The molecule has 3 aromatic carbocycles. The summed E-state index contributed by atoms with van der Waals surface area (Å²) in [5.41, 5.74) is 1.70. The van der Waals surface area contributed by atoms with Crippen LogP contribution in [0.15, 0.2) is 77.7 Å². The van der Waals surface area contributed by atoms with Crippen molar-refractivity contribution < 1.29 is 9.59 Å². The van der Waals surface area contributed by atoms with Crippen molar-refractivity contribution in [3.8, 4) is 0 Å². The molecular formula is C28H29Cl3N2O2S. The number of halogens is 3. The van der Waals surface area contributed by atoms with Crippen LogP contribution in [-0.2, 0) is 22.6 Å². The van der Waals surface area contributed by atoms with Gasteiger partial charge in [0.25, 0.3) is 0 Å². The molecule has 0 radical (unpaired) electrons. The average Bonchev–Trinajstić information content (AvgIpc) is 2.87. The van der Waals surface area contributed by atoms with Gasteiger partial charge in [0.2, 0.25) is 11.8 Å². The van der Waals surface area contributed by atoms with E-state index >= 15 is 0 Å². The first-order valence-corrected chi connectivity index (χ1v) is 13.9. The largest absolute Gasteiger partial charge is 0.354 e. The predicted molar refractivity (Wildman–Crippen MR) is 151 cm³/mol. The van der Waals surface area contributed by atoms with Crippen LogP contribution in [0, 0.1) is 0 Å². The number of nitrogens with zero attached hydrogens (tertiary/aromatic N) is 1. The van der Waals surface area contributed by atoms with E-state index < -0.39 is 6.04 Å². The highest BCUT2D eigenvalue weighted by Gasteiger charge is 2.30. The lowest BCUT2D eigenvalue weighted by Gasteiger charge is -2.32. The molecule has 0 fully saturated rings. The molecule has 3 aromatic rings. The summed E-state index contributed by atoms with van der Waals surface area (Å²) in [5.74, 6) is -0.171. The molecule has 0 aliphatic rings. The van der Waals surface area contributed by atoms with Crippen LogP contribution < -0.4 is 5.32 Å². The van der Waals surface area contributed by atoms with E-state index in [-0.39, 0.29) is 24.1 Å². The number of amides is 2. The van der Waals surface area contributed by atoms with Gasteiger partial charge in [-0.1, -0.05) is 84.5 Å². The molecule has 0 saturated carbocycles. The van der Waals surface area contributed by atoms with Crippen LogP contribution in [0.1, 0.15) is 30.9 Å². The van der Waals surface area contributed by atoms with Gasteiger partial charge in [-0.15, -0.1) is 11.8 Å². The lowest BCUT2D eigenvalue weighted by Crippen LogP contribution is -2.51. The highest BCUT2D eigenvalue weighted by atomic mass is 35.5. The maximum atomic E-state index is 13.7. The number of hydrogen-bond donors (Lipinski definition) is 1. The van der Waals surface area contributed by atoms with Crippen molar-refractivity contribution in [2.75, 3.05) is 12.3 Å². The third-order valence-corrected chi connectivity index (χ3v) is 7.47. The van der Waals surface area contributed by atoms with Crippen LogP contribution in [0.5, 0.6) is 0 Å². The SMILES string of the molecule is CCCCNC(=O)C(Cc1ccccc1)N(Cc1ccc(Cl)cc1Cl)C(=O)CSc1ccc(Cl)cc1. The van der Waals surface area contributed by atoms with Gasteiger partial charge in [0.05, 0.1) is 5.75 Å². The number of hydrogen-bond acceptors (Lipinski definition) is 3. The monoisotopic (exact) mass is 562 g/mol. The van der Waals surface area contributed by atoms with Crippen LogP contribution in [-0.4, -0.2) is 35.1 Å². The molecule has 1 unspecified atom stereocenters. The van der Waals surface area contributed by atoms with Crippen LogP contribution in [0.25, 0.3) is 0 Å². The van der Waals surface area contributed by atoms with E-state index in [9.17, 15) is 9.59 Å². The minimum atomic E-state index is -0.700. The maximum absolute atomic E-state index is 13.7. The van der Waals surface area contributed by atoms with Crippen molar-refractivity contribution in [1.29, 1.82) is 0 Å². The second kappa shape index (κ2) is 14.5. The number of nitrogens with one attached hydrogen (secondary N) is 1. The molecule has 0 heterocycles. The van der Waals surface area contributed by atoms with E-state index in [0.717, 1.165) is 28.9 Å². The number of unbranched alkanes of at least 4 members (excludes halogenated alkanes) is 1. The van der Waals surface area contributed by atoms with E-state index in [1.807, 2.05) is 42.5 Å². The second-order valence-corrected chi connectivity index (χ2v) is 10.7. The van der Waals surface area contributed by atoms with E-state index in [4.69, 9.17) is 34.8 Å². The molecule has 1 atom stereocenters. The Morgan fingerprint density at radius 3 is 2.31 bits per heavy atom. The fraction of sp³-hybridized carbons (Fsp3) is 0.286. The van der Waals surface area contributed by atoms with Crippen molar-refractivity contribution in [3.63, 3.8) is 0 Å². The molecule has 190 valence electrons. The molecule has 8 heteroatoms. The van der Waals surface area contributed by atoms with Gasteiger partial charge >= 0.3 is 0 Å². The summed E-state index contributed by atoms with van der Waals surface area (Å²) in [4.78, 5) is 29.6. The molecule has 0 bridgehead atoms. The molecule has 0 saturated heterocycles. The van der Waals surface area contributed by atoms with E-state index in [1.165, 1.54) is 11.8 Å². The third-order valence-electron chi connectivity index (χ3n) is 5.63. The predicted octanol–water partition coefficient (Wildman–Crippen LogP) is 7.30. The summed E-state index contributed by atoms with van der Waals surface area (Å²) in [6.07, 6.45) is 2.22. The normalized spacial score (nSPS) is 11.7. The number of thioether (sulfide) groups is 1. The fourth-order valence-electron chi connectivity index (χ4n) is 3.65. The zero-order valence-corrected chi connectivity index (χ0v) is 23.1. The molecule has 0 aromatic heterocycles. The van der Waals surface area contributed by atoms with Crippen LogP contribution in [0.2, 0.25) is 15.1 Å². The first-order chi connectivity index (χ1) is 17.4. The number of carbonyl (C=O) groups excluding carboxylic acids is 2. The van der Waals surface area contributed by atoms with Crippen molar-refractivity contribution in [3.05, 3.63) is 99.0 Å². The summed E-state index contributed by atoms with van der Waals surface area (Å²) in [7, 11) is 0. The minimum Gasteiger partial charge on any atom is -0.354 e. The van der Waals surface area contributed by atoms with Gasteiger partial charge in [0.15, 0.2) is 0 Å². The van der Waals surface area contributed by atoms with Crippen molar-refractivity contribution >= 4 is 58.4 Å². The summed E-state index contributed by atoms with van der Waals surface area (Å²) in [5, 5.41) is 4.62. The van der Waals surface area contributed by atoms with E-state index in [2.05, 4.69) is 12.2 Å². The lowest BCUT2D eigenvalue weighted by molar-refractivity contribution is -0.139. The molecule has 0 aliphatic heterocycles. The molecular weight excluding hydrogens is 535 g/mol. The highest BCUT2D eigenvalue weighted by molar-refractivity contribution is 8.00. The highest BCUT2D eigenvalue weighted by Crippen LogP contribution is 2.26. The summed E-state index contributed by atoms with van der Waals surface area (Å²) in [6.45, 7) is 2.82. The van der Waals surface area contributed by atoms with E-state index in [0.29, 0.717) is 28.0 Å². The van der Waals surface area contributed by atoms with Gasteiger partial charge in [-0.25, -0.2) is 0 Å². The van der Waals surface area contributed by atoms with Gasteiger partial charge in [0, 0.05) is 39.5 Å². The van der Waals surface area contributed by atoms with Gasteiger partial charge in [-0.3, -0.25) is 9.59 Å². The Hall–Kier alpha value is -2.18. The van der Waals surface area contributed by atoms with Gasteiger partial charge < -0.3 is 10.2 Å². The van der Waals surface area contributed by atoms with Crippen LogP contribution in [0.3, 0.4) is 0 Å². The Balaban J connectivity index is 1.90. The average molecular weight is 564 g/mol. The molecule has 4 nitrogen and oxygen atoms in total. The molecule has 36 heavy (non-hydrogen) atoms. The molecule has 2 amide bonds. The van der Waals surface area contributed by atoms with Crippen LogP contribution in [0.4, 0.5) is 0 Å². The Morgan fingerprint density at radius 1 is 0.944 bits per heavy atom. The Morgan fingerprint density at radius 2 is 1.64 bits per heavy atom. The minimum absolute atomic E-state index is 0.160. The smallest absolute Gasteiger partial charge is 0.243 e. The quantitative estimate of drug-likeness (QED) is 0.186. The van der Waals surface area contributed by atoms with Crippen molar-refractivity contribution in [1.82, 2.24) is 10.2 Å². The summed E-state index contributed by atoms with van der Waals surface area (Å²) >= 11 is 20.0. The Bertz CT molecular complexity index is 1140. The van der Waals surface area contributed by atoms with Crippen LogP contribution >= 0.6 is 46.6 Å². The first kappa shape index (κ1) is 28.4. The standard InChI is InChI=1S/C28H29Cl3N2O2S/c1-2-3-15-32-28(35)26(16-20-7-5-4-6-8-20)33(18-21-9-10-23(30)17-25(21)31)27(34)19-36-24-13-11-22(29)12-14-24/h4-14,17,26H,2-3,15-16,18-19H2,1H3,(H,32,35). The van der Waals surface area contributed by atoms with Crippen molar-refractivity contribution in [2.24, 2.45) is 0 Å². The summed E-state index contributed by atoms with van der Waals surface area (Å²) < 4.78 is 0. The zero-order chi connectivity index (χ0) is 25.9. The maximum Gasteiger partial charge on any atom is 0.243 e. The first-order valence-electron chi connectivity index (χ1n) is 11.8. The third kappa shape index (κ3) is 8.74. The topological polar surface area (TPSA) is 49.4 Å². The van der Waals surface area contributed by atoms with Gasteiger partial charge in [0.1, 0.15) is 6.04 Å². The molecule has 0 aliphatic carbocycles. The molecule has 3 rings (SSSR count). The fourth-order valence-corrected chi connectivity index (χ4v) is 5.03. The molecule has 1 N–H and O–H groups in total. The number of rotatable bonds is 12. The number of carbonyl (C=O) groups is 2.